The summed E-state index contributed by atoms with van der Waals surface area (Å²) in [6.45, 7) is 1.81. The van der Waals surface area contributed by atoms with Crippen LogP contribution in [-0.2, 0) is 0 Å². The van der Waals surface area contributed by atoms with Gasteiger partial charge in [-0.15, -0.1) is 0 Å². The first kappa shape index (κ1) is 7.01. The van der Waals surface area contributed by atoms with Gasteiger partial charge in [-0.25, -0.2) is 0 Å². The normalized spacial score (nSPS) is 14.2. The Bertz CT molecular complexity index is 108. The predicted molar refractivity (Wildman–Crippen MR) is 35.5 cm³/mol. The topological polar surface area (TPSA) is 64.4 Å². The molecule has 0 saturated carbocycles. The fourth-order valence-electron chi connectivity index (χ4n) is 0.277. The molecule has 3 heteroatoms. The highest BCUT2D eigenvalue weighted by molar-refractivity contribution is 5.95. The van der Waals surface area contributed by atoms with E-state index in [1.807, 2.05) is 6.92 Å². The largest absolute Gasteiger partial charge is 0.396 e. The highest BCUT2D eigenvalue weighted by Crippen LogP contribution is 1.79. The zero-order valence-corrected chi connectivity index (χ0v) is 5.18. The minimum Gasteiger partial charge on any atom is -0.396 e. The van der Waals surface area contributed by atoms with E-state index >= 15 is 0 Å². The van der Waals surface area contributed by atoms with Gasteiger partial charge in [0, 0.05) is 7.05 Å². The summed E-state index contributed by atoms with van der Waals surface area (Å²) in [5, 5.41) is 0. The van der Waals surface area contributed by atoms with E-state index in [0.29, 0.717) is 11.5 Å². The fraction of sp³-hybridized carbons (Fsp3) is 0.400. The Morgan fingerprint density at radius 3 is 2.12 bits per heavy atom. The van der Waals surface area contributed by atoms with Crippen LogP contribution < -0.4 is 11.5 Å². The maximum Gasteiger partial charge on any atom is 0.141 e. The maximum atomic E-state index is 5.33. The summed E-state index contributed by atoms with van der Waals surface area (Å²) in [6.07, 6.45) is 1.71. The Morgan fingerprint density at radius 1 is 1.50 bits per heavy atom. The Labute approximate surface area is 49.1 Å². The van der Waals surface area contributed by atoms with Crippen molar-refractivity contribution in [2.24, 2.45) is 16.5 Å². The molecular weight excluding hydrogens is 102 g/mol. The third-order valence-electron chi connectivity index (χ3n) is 0.848. The van der Waals surface area contributed by atoms with E-state index in [1.165, 1.54) is 0 Å². The number of hydrogen-bond donors (Lipinski definition) is 2. The van der Waals surface area contributed by atoms with Crippen molar-refractivity contribution < 1.29 is 0 Å². The van der Waals surface area contributed by atoms with Gasteiger partial charge in [-0.05, 0) is 6.92 Å². The quantitative estimate of drug-likeness (QED) is 0.366. The molecule has 0 atom stereocenters. The van der Waals surface area contributed by atoms with Crippen LogP contribution in [0.15, 0.2) is 16.8 Å². The van der Waals surface area contributed by atoms with Crippen molar-refractivity contribution >= 4 is 5.84 Å². The van der Waals surface area contributed by atoms with Crippen LogP contribution in [-0.4, -0.2) is 12.9 Å². The molecule has 0 rings (SSSR count). The Morgan fingerprint density at radius 2 is 2.00 bits per heavy atom. The maximum absolute atomic E-state index is 5.33. The van der Waals surface area contributed by atoms with Gasteiger partial charge in [0.1, 0.15) is 5.84 Å². The van der Waals surface area contributed by atoms with Crippen molar-refractivity contribution in [3.8, 4) is 0 Å². The number of nitrogens with two attached hydrogens (primary N) is 2. The lowest BCUT2D eigenvalue weighted by molar-refractivity contribution is 1.33. The van der Waals surface area contributed by atoms with Gasteiger partial charge >= 0.3 is 0 Å². The Balaban J connectivity index is 4.04. The summed E-state index contributed by atoms with van der Waals surface area (Å²) in [4.78, 5) is 3.66. The second-order valence-electron chi connectivity index (χ2n) is 1.35. The fourth-order valence-corrected chi connectivity index (χ4v) is 0.277. The van der Waals surface area contributed by atoms with E-state index in [4.69, 9.17) is 11.5 Å². The van der Waals surface area contributed by atoms with Crippen molar-refractivity contribution in [1.29, 1.82) is 0 Å². The van der Waals surface area contributed by atoms with Crippen molar-refractivity contribution in [2.75, 3.05) is 7.05 Å². The monoisotopic (exact) mass is 113 g/mol. The van der Waals surface area contributed by atoms with Crippen LogP contribution in [0.25, 0.3) is 0 Å². The molecule has 0 spiro atoms. The predicted octanol–water partition coefficient (Wildman–Crippen LogP) is -0.164. The van der Waals surface area contributed by atoms with Crippen LogP contribution in [0, 0.1) is 0 Å². The highest BCUT2D eigenvalue weighted by atomic mass is 14.9. The van der Waals surface area contributed by atoms with Gasteiger partial charge in [0.15, 0.2) is 0 Å². The van der Waals surface area contributed by atoms with Crippen LogP contribution in [0.5, 0.6) is 0 Å². The van der Waals surface area contributed by atoms with Crippen molar-refractivity contribution in [2.45, 2.75) is 6.92 Å². The van der Waals surface area contributed by atoms with Crippen LogP contribution >= 0.6 is 0 Å². The van der Waals surface area contributed by atoms with Crippen molar-refractivity contribution in [3.63, 3.8) is 0 Å². The van der Waals surface area contributed by atoms with E-state index in [0.717, 1.165) is 0 Å². The van der Waals surface area contributed by atoms with Crippen LogP contribution in [0.3, 0.4) is 0 Å². The van der Waals surface area contributed by atoms with Gasteiger partial charge in [-0.2, -0.15) is 0 Å². The molecule has 3 nitrogen and oxygen atoms in total. The zero-order valence-electron chi connectivity index (χ0n) is 5.18. The molecular formula is C5H11N3. The lowest BCUT2D eigenvalue weighted by Gasteiger charge is -1.94. The summed E-state index contributed by atoms with van der Waals surface area (Å²) in [6, 6.07) is 0. The number of aliphatic imine (C=N–C) groups is 1. The molecule has 0 radical (unpaired) electrons. The van der Waals surface area contributed by atoms with Crippen LogP contribution in [0.4, 0.5) is 0 Å². The molecule has 0 aliphatic carbocycles. The molecule has 0 amide bonds. The SMILES string of the molecule is C/C=C(N)\C(N)=N/C. The van der Waals surface area contributed by atoms with E-state index in [1.54, 1.807) is 13.1 Å². The minimum atomic E-state index is 0.396. The zero-order chi connectivity index (χ0) is 6.57. The second-order valence-corrected chi connectivity index (χ2v) is 1.35. The summed E-state index contributed by atoms with van der Waals surface area (Å²) >= 11 is 0. The lowest BCUT2D eigenvalue weighted by atomic mass is 10.4. The molecule has 0 bridgehead atoms. The number of rotatable bonds is 1. The van der Waals surface area contributed by atoms with E-state index in [9.17, 15) is 0 Å². The number of allylic oxidation sites excluding steroid dienone is 1. The molecule has 0 aromatic rings. The minimum absolute atomic E-state index is 0.396. The Kier molecular flexibility index (Phi) is 2.69. The van der Waals surface area contributed by atoms with E-state index in [-0.39, 0.29) is 0 Å². The molecule has 0 aromatic carbocycles. The molecule has 0 saturated heterocycles. The van der Waals surface area contributed by atoms with Crippen molar-refractivity contribution in [3.05, 3.63) is 11.8 Å². The van der Waals surface area contributed by atoms with Crippen molar-refractivity contribution in [1.82, 2.24) is 0 Å². The third-order valence-corrected chi connectivity index (χ3v) is 0.848. The summed E-state index contributed by atoms with van der Waals surface area (Å²) in [7, 11) is 1.60. The summed E-state index contributed by atoms with van der Waals surface area (Å²) in [5.74, 6) is 0.396. The number of hydrogen-bond acceptors (Lipinski definition) is 2. The number of nitrogens with zero attached hydrogens (tertiary/aromatic N) is 1. The van der Waals surface area contributed by atoms with Crippen LogP contribution in [0.2, 0.25) is 0 Å². The first-order chi connectivity index (χ1) is 3.72. The Hall–Kier alpha value is -0.990. The molecule has 0 aliphatic rings. The molecule has 0 aliphatic heterocycles. The molecule has 4 N–H and O–H groups in total. The van der Waals surface area contributed by atoms with Gasteiger partial charge < -0.3 is 11.5 Å². The first-order valence-corrected chi connectivity index (χ1v) is 2.36. The van der Waals surface area contributed by atoms with Gasteiger partial charge in [0.05, 0.1) is 5.70 Å². The lowest BCUT2D eigenvalue weighted by Crippen LogP contribution is -2.20. The second kappa shape index (κ2) is 3.07. The van der Waals surface area contributed by atoms with Gasteiger partial charge in [-0.3, -0.25) is 4.99 Å². The molecule has 0 fully saturated rings. The van der Waals surface area contributed by atoms with E-state index < -0.39 is 0 Å². The van der Waals surface area contributed by atoms with Gasteiger partial charge in [0.2, 0.25) is 0 Å². The molecule has 8 heavy (non-hydrogen) atoms. The average Bonchev–Trinajstić information content (AvgIpc) is 1.84. The summed E-state index contributed by atoms with van der Waals surface area (Å²) in [5.41, 5.74) is 11.2. The number of amidine groups is 1. The van der Waals surface area contributed by atoms with Gasteiger partial charge in [-0.1, -0.05) is 6.08 Å². The smallest absolute Gasteiger partial charge is 0.141 e. The standard InChI is InChI=1S/C5H11N3/c1-3-4(6)5(7)8-2/h3H,6H2,1-2H3,(H2,7,8)/b4-3+. The van der Waals surface area contributed by atoms with E-state index in [2.05, 4.69) is 4.99 Å². The highest BCUT2D eigenvalue weighted by Gasteiger charge is 1.88. The molecule has 46 valence electrons. The molecule has 0 aromatic heterocycles. The molecule has 0 unspecified atom stereocenters. The summed E-state index contributed by atoms with van der Waals surface area (Å²) < 4.78 is 0. The first-order valence-electron chi connectivity index (χ1n) is 2.36. The third kappa shape index (κ3) is 1.64. The van der Waals surface area contributed by atoms with Crippen LogP contribution in [0.1, 0.15) is 6.92 Å². The average molecular weight is 113 g/mol. The molecule has 0 heterocycles. The van der Waals surface area contributed by atoms with Gasteiger partial charge in [0.25, 0.3) is 0 Å².